The summed E-state index contributed by atoms with van der Waals surface area (Å²) in [5, 5.41) is 14.6. The van der Waals surface area contributed by atoms with Crippen molar-refractivity contribution in [2.24, 2.45) is 4.99 Å². The lowest BCUT2D eigenvalue weighted by Gasteiger charge is -2.24. The minimum atomic E-state index is -0.729. The Morgan fingerprint density at radius 1 is 1.22 bits per heavy atom. The molecule has 23 heavy (non-hydrogen) atoms. The van der Waals surface area contributed by atoms with Crippen LogP contribution in [0.3, 0.4) is 0 Å². The van der Waals surface area contributed by atoms with Gasteiger partial charge in [-0.05, 0) is 26.0 Å². The van der Waals surface area contributed by atoms with Crippen LogP contribution in [-0.2, 0) is 14.2 Å². The summed E-state index contributed by atoms with van der Waals surface area (Å²) in [7, 11) is 0. The molecule has 2 saturated heterocycles. The summed E-state index contributed by atoms with van der Waals surface area (Å²) >= 11 is 1.63. The number of ether oxygens (including phenoxy) is 3. The zero-order valence-electron chi connectivity index (χ0n) is 13.0. The molecule has 6 nitrogen and oxygen atoms in total. The number of nitrogens with one attached hydrogen (secondary N) is 1. The van der Waals surface area contributed by atoms with Gasteiger partial charge in [-0.3, -0.25) is 4.99 Å². The molecule has 0 radical (unpaired) electrons. The van der Waals surface area contributed by atoms with Crippen LogP contribution in [0, 0.1) is 0 Å². The zero-order chi connectivity index (χ0) is 16.0. The molecule has 2 N–H and O–H groups in total. The van der Waals surface area contributed by atoms with E-state index >= 15 is 0 Å². The van der Waals surface area contributed by atoms with Gasteiger partial charge in [0.2, 0.25) is 0 Å². The smallest absolute Gasteiger partial charge is 0.190 e. The van der Waals surface area contributed by atoms with Gasteiger partial charge in [-0.1, -0.05) is 30.0 Å². The lowest BCUT2D eigenvalue weighted by molar-refractivity contribution is -0.216. The standard InChI is InChI=1S/C16H20N2O4S/c1-16(2)21-13-11(19)12(20-14(13)22-16)10-8-23-15(18-10)17-9-6-4-3-5-7-9/h3-7,10-14,19H,8H2,1-2H3,(H,17,18)/t10-,11+,12-,13-,14-/m1/s1. The van der Waals surface area contributed by atoms with E-state index in [1.807, 2.05) is 44.2 Å². The Morgan fingerprint density at radius 3 is 2.74 bits per heavy atom. The van der Waals surface area contributed by atoms with Crippen molar-refractivity contribution in [3.8, 4) is 0 Å². The maximum absolute atomic E-state index is 10.5. The Bertz CT molecular complexity index is 609. The summed E-state index contributed by atoms with van der Waals surface area (Å²) in [5.74, 6) is 0.0503. The highest BCUT2D eigenvalue weighted by Crippen LogP contribution is 2.40. The van der Waals surface area contributed by atoms with Crippen LogP contribution in [-0.4, -0.2) is 52.5 Å². The van der Waals surface area contributed by atoms with Gasteiger partial charge in [-0.15, -0.1) is 0 Å². The SMILES string of the molecule is CC1(C)O[C@H]2O[C@H]([C@H]3CSC(Nc4ccccc4)=N3)[C@H](O)[C@H]2O1. The number of aliphatic imine (C=N–C) groups is 1. The third-order valence-electron chi connectivity index (χ3n) is 4.13. The molecule has 0 amide bonds. The van der Waals surface area contributed by atoms with Gasteiger partial charge < -0.3 is 24.6 Å². The molecule has 0 saturated carbocycles. The number of nitrogens with zero attached hydrogens (tertiary/aromatic N) is 1. The van der Waals surface area contributed by atoms with Crippen molar-refractivity contribution in [3.05, 3.63) is 30.3 Å². The number of thioether (sulfide) groups is 1. The van der Waals surface area contributed by atoms with Gasteiger partial charge in [0.15, 0.2) is 17.2 Å². The van der Waals surface area contributed by atoms with E-state index in [-0.39, 0.29) is 6.04 Å². The predicted octanol–water partition coefficient (Wildman–Crippen LogP) is 1.81. The zero-order valence-corrected chi connectivity index (χ0v) is 13.8. The normalized spacial score (nSPS) is 38.4. The molecule has 1 aromatic rings. The first-order valence-corrected chi connectivity index (χ1v) is 8.72. The number of amidine groups is 1. The molecule has 5 atom stereocenters. The number of para-hydroxylation sites is 1. The van der Waals surface area contributed by atoms with Crippen LogP contribution < -0.4 is 5.32 Å². The van der Waals surface area contributed by atoms with Gasteiger partial charge >= 0.3 is 0 Å². The third-order valence-corrected chi connectivity index (χ3v) is 5.12. The number of aliphatic hydroxyl groups excluding tert-OH is 1. The molecule has 124 valence electrons. The van der Waals surface area contributed by atoms with Crippen LogP contribution >= 0.6 is 11.8 Å². The van der Waals surface area contributed by atoms with Crippen molar-refractivity contribution in [2.45, 2.75) is 50.3 Å². The first kappa shape index (κ1) is 15.4. The monoisotopic (exact) mass is 336 g/mol. The largest absolute Gasteiger partial charge is 0.387 e. The molecular formula is C16H20N2O4S. The predicted molar refractivity (Wildman–Crippen MR) is 88.5 cm³/mol. The Kier molecular flexibility index (Phi) is 3.85. The second-order valence-corrected chi connectivity index (χ2v) is 7.37. The highest BCUT2D eigenvalue weighted by molar-refractivity contribution is 8.14. The summed E-state index contributed by atoms with van der Waals surface area (Å²) in [6.45, 7) is 3.64. The number of rotatable bonds is 2. The van der Waals surface area contributed by atoms with Gasteiger partial charge in [0.05, 0.1) is 6.04 Å². The molecule has 7 heteroatoms. The molecule has 1 aromatic carbocycles. The fourth-order valence-electron chi connectivity index (χ4n) is 3.11. The maximum atomic E-state index is 10.5. The molecule has 2 fully saturated rings. The lowest BCUT2D eigenvalue weighted by Crippen LogP contribution is -2.40. The van der Waals surface area contributed by atoms with Crippen LogP contribution in [0.15, 0.2) is 35.3 Å². The fraction of sp³-hybridized carbons (Fsp3) is 0.562. The summed E-state index contributed by atoms with van der Waals surface area (Å²) in [5.41, 5.74) is 0.998. The van der Waals surface area contributed by atoms with E-state index in [2.05, 4.69) is 10.3 Å². The molecule has 0 bridgehead atoms. The summed E-state index contributed by atoms with van der Waals surface area (Å²) in [6, 6.07) is 9.79. The lowest BCUT2D eigenvalue weighted by atomic mass is 10.1. The molecule has 0 aromatic heterocycles. The third kappa shape index (κ3) is 2.99. The minimum Gasteiger partial charge on any atom is -0.387 e. The van der Waals surface area contributed by atoms with Crippen LogP contribution in [0.25, 0.3) is 0 Å². The van der Waals surface area contributed by atoms with E-state index in [1.54, 1.807) is 11.8 Å². The molecule has 0 unspecified atom stereocenters. The number of benzene rings is 1. The number of fused-ring (bicyclic) bond motifs is 1. The van der Waals surface area contributed by atoms with Crippen molar-refractivity contribution in [1.82, 2.24) is 0 Å². The molecular weight excluding hydrogens is 316 g/mol. The van der Waals surface area contributed by atoms with Gasteiger partial charge in [0.25, 0.3) is 0 Å². The summed E-state index contributed by atoms with van der Waals surface area (Å²) in [4.78, 5) is 4.65. The Labute approximate surface area is 139 Å². The van der Waals surface area contributed by atoms with Gasteiger partial charge in [-0.2, -0.15) is 0 Å². The second-order valence-electron chi connectivity index (χ2n) is 6.36. The molecule has 0 spiro atoms. The van der Waals surface area contributed by atoms with E-state index in [0.29, 0.717) is 0 Å². The Balaban J connectivity index is 1.42. The average molecular weight is 336 g/mol. The average Bonchev–Trinajstić information content (AvgIpc) is 3.15. The Morgan fingerprint density at radius 2 is 2.00 bits per heavy atom. The van der Waals surface area contributed by atoms with E-state index in [4.69, 9.17) is 14.2 Å². The maximum Gasteiger partial charge on any atom is 0.190 e. The first-order valence-electron chi connectivity index (χ1n) is 7.74. The molecule has 3 aliphatic rings. The Hall–Kier alpha value is -1.12. The van der Waals surface area contributed by atoms with Crippen LogP contribution in [0.1, 0.15) is 13.8 Å². The fourth-order valence-corrected chi connectivity index (χ4v) is 4.10. The van der Waals surface area contributed by atoms with Crippen molar-refractivity contribution in [3.63, 3.8) is 0 Å². The summed E-state index contributed by atoms with van der Waals surface area (Å²) in [6.07, 6.45) is -2.09. The van der Waals surface area contributed by atoms with Crippen molar-refractivity contribution < 1.29 is 19.3 Å². The highest BCUT2D eigenvalue weighted by atomic mass is 32.2. The van der Waals surface area contributed by atoms with Gasteiger partial charge in [0.1, 0.15) is 18.3 Å². The van der Waals surface area contributed by atoms with Crippen molar-refractivity contribution in [2.75, 3.05) is 11.1 Å². The van der Waals surface area contributed by atoms with Crippen LogP contribution in [0.5, 0.6) is 0 Å². The highest BCUT2D eigenvalue weighted by Gasteiger charge is 2.56. The van der Waals surface area contributed by atoms with E-state index in [9.17, 15) is 5.11 Å². The van der Waals surface area contributed by atoms with Gasteiger partial charge in [-0.25, -0.2) is 0 Å². The molecule has 3 heterocycles. The van der Waals surface area contributed by atoms with Crippen molar-refractivity contribution >= 4 is 22.6 Å². The number of anilines is 1. The van der Waals surface area contributed by atoms with Gasteiger partial charge in [0, 0.05) is 11.4 Å². The topological polar surface area (TPSA) is 72.3 Å². The van der Waals surface area contributed by atoms with E-state index in [1.165, 1.54) is 0 Å². The second kappa shape index (κ2) is 5.75. The molecule has 3 aliphatic heterocycles. The van der Waals surface area contributed by atoms with Crippen LogP contribution in [0.2, 0.25) is 0 Å². The van der Waals surface area contributed by atoms with Crippen LogP contribution in [0.4, 0.5) is 5.69 Å². The number of hydrogen-bond acceptors (Lipinski definition) is 7. The van der Waals surface area contributed by atoms with E-state index < -0.39 is 30.4 Å². The number of hydrogen-bond donors (Lipinski definition) is 2. The first-order chi connectivity index (χ1) is 11.0. The molecule has 4 rings (SSSR count). The van der Waals surface area contributed by atoms with Crippen molar-refractivity contribution in [1.29, 1.82) is 0 Å². The minimum absolute atomic E-state index is 0.109. The van der Waals surface area contributed by atoms with E-state index in [0.717, 1.165) is 16.6 Å². The quantitative estimate of drug-likeness (QED) is 0.858. The molecule has 0 aliphatic carbocycles. The number of aliphatic hydroxyl groups is 1. The summed E-state index contributed by atoms with van der Waals surface area (Å²) < 4.78 is 17.3.